The molecule has 2 aromatic carbocycles. The molecule has 0 aliphatic carbocycles. The van der Waals surface area contributed by atoms with Crippen molar-refractivity contribution >= 4 is 23.4 Å². The maximum absolute atomic E-state index is 12.7. The number of anilines is 1. The van der Waals surface area contributed by atoms with Gasteiger partial charge in [-0.3, -0.25) is 4.79 Å². The summed E-state index contributed by atoms with van der Waals surface area (Å²) >= 11 is 1.32. The predicted molar refractivity (Wildman–Crippen MR) is 136 cm³/mol. The predicted octanol–water partition coefficient (Wildman–Crippen LogP) is 4.83. The Morgan fingerprint density at radius 3 is 2.37 bits per heavy atom. The maximum Gasteiger partial charge on any atom is 0.234 e. The summed E-state index contributed by atoms with van der Waals surface area (Å²) in [7, 11) is 4.74. The normalized spacial score (nSPS) is 11.7. The molecule has 0 spiro atoms. The SMILES string of the molecule is COc1cccc(OC(C)c2nnc(SCC(=O)Nc3ccc(OC)cc3OC)n2CC(C)C)c1. The summed E-state index contributed by atoms with van der Waals surface area (Å²) in [5.41, 5.74) is 0.573. The number of hydrogen-bond acceptors (Lipinski definition) is 8. The average Bonchev–Trinajstić information content (AvgIpc) is 3.24. The Hall–Kier alpha value is -3.40. The van der Waals surface area contributed by atoms with Gasteiger partial charge in [-0.15, -0.1) is 10.2 Å². The zero-order valence-electron chi connectivity index (χ0n) is 20.9. The molecule has 0 radical (unpaired) electrons. The van der Waals surface area contributed by atoms with Crippen molar-refractivity contribution in [2.75, 3.05) is 32.4 Å². The van der Waals surface area contributed by atoms with Crippen LogP contribution in [-0.2, 0) is 11.3 Å². The van der Waals surface area contributed by atoms with Gasteiger partial charge in [0.1, 0.15) is 23.0 Å². The van der Waals surface area contributed by atoms with Crippen LogP contribution in [0, 0.1) is 5.92 Å². The van der Waals surface area contributed by atoms with E-state index in [1.807, 2.05) is 35.8 Å². The molecule has 3 aromatic rings. The second kappa shape index (κ2) is 12.3. The minimum Gasteiger partial charge on any atom is -0.497 e. The van der Waals surface area contributed by atoms with Crippen LogP contribution in [0.3, 0.4) is 0 Å². The van der Waals surface area contributed by atoms with E-state index in [-0.39, 0.29) is 17.8 Å². The number of methoxy groups -OCH3 is 3. The van der Waals surface area contributed by atoms with Gasteiger partial charge in [-0.25, -0.2) is 0 Å². The van der Waals surface area contributed by atoms with Crippen LogP contribution in [0.1, 0.15) is 32.7 Å². The van der Waals surface area contributed by atoms with E-state index in [0.29, 0.717) is 52.1 Å². The molecular formula is C25H32N4O5S. The highest BCUT2D eigenvalue weighted by Crippen LogP contribution is 2.30. The topological polar surface area (TPSA) is 96.7 Å². The Labute approximate surface area is 210 Å². The third-order valence-corrected chi connectivity index (χ3v) is 5.99. The second-order valence-electron chi connectivity index (χ2n) is 8.19. The lowest BCUT2D eigenvalue weighted by Crippen LogP contribution is -2.17. The first kappa shape index (κ1) is 26.2. The fourth-order valence-electron chi connectivity index (χ4n) is 3.39. The van der Waals surface area contributed by atoms with Crippen LogP contribution in [0.2, 0.25) is 0 Å². The fraction of sp³-hybridized carbons (Fsp3) is 0.400. The van der Waals surface area contributed by atoms with Gasteiger partial charge in [-0.2, -0.15) is 0 Å². The van der Waals surface area contributed by atoms with Crippen LogP contribution in [0.15, 0.2) is 47.6 Å². The molecule has 1 N–H and O–H groups in total. The molecule has 0 bridgehead atoms. The zero-order chi connectivity index (χ0) is 25.4. The lowest BCUT2D eigenvalue weighted by Gasteiger charge is -2.18. The van der Waals surface area contributed by atoms with Crippen LogP contribution in [0.4, 0.5) is 5.69 Å². The molecule has 9 nitrogen and oxygen atoms in total. The Balaban J connectivity index is 1.71. The number of carbonyl (C=O) groups excluding carboxylic acids is 1. The Morgan fingerprint density at radius 1 is 0.971 bits per heavy atom. The number of rotatable bonds is 12. The van der Waals surface area contributed by atoms with Crippen LogP contribution < -0.4 is 24.3 Å². The van der Waals surface area contributed by atoms with Gasteiger partial charge in [-0.05, 0) is 37.1 Å². The summed E-state index contributed by atoms with van der Waals surface area (Å²) in [5, 5.41) is 12.3. The minimum atomic E-state index is -0.347. The lowest BCUT2D eigenvalue weighted by atomic mass is 10.2. The smallest absolute Gasteiger partial charge is 0.234 e. The number of thioether (sulfide) groups is 1. The van der Waals surface area contributed by atoms with E-state index in [9.17, 15) is 4.79 Å². The van der Waals surface area contributed by atoms with E-state index in [2.05, 4.69) is 29.4 Å². The van der Waals surface area contributed by atoms with Crippen molar-refractivity contribution in [1.82, 2.24) is 14.8 Å². The van der Waals surface area contributed by atoms with Crippen molar-refractivity contribution < 1.29 is 23.7 Å². The van der Waals surface area contributed by atoms with Gasteiger partial charge in [0.05, 0.1) is 32.8 Å². The number of aromatic nitrogens is 3. The minimum absolute atomic E-state index is 0.163. The number of carbonyl (C=O) groups is 1. The van der Waals surface area contributed by atoms with Gasteiger partial charge in [0.15, 0.2) is 17.1 Å². The highest BCUT2D eigenvalue weighted by Gasteiger charge is 2.21. The van der Waals surface area contributed by atoms with Crippen molar-refractivity contribution in [2.24, 2.45) is 5.92 Å². The fourth-order valence-corrected chi connectivity index (χ4v) is 4.15. The van der Waals surface area contributed by atoms with Crippen LogP contribution in [-0.4, -0.2) is 47.8 Å². The van der Waals surface area contributed by atoms with Gasteiger partial charge in [-0.1, -0.05) is 31.7 Å². The molecule has 0 fully saturated rings. The van der Waals surface area contributed by atoms with Crippen LogP contribution in [0.5, 0.6) is 23.0 Å². The molecule has 0 aliphatic rings. The first-order valence-electron chi connectivity index (χ1n) is 11.2. The largest absolute Gasteiger partial charge is 0.497 e. The molecule has 0 saturated heterocycles. The highest BCUT2D eigenvalue weighted by atomic mass is 32.2. The Bertz CT molecular complexity index is 1130. The van der Waals surface area contributed by atoms with Crippen LogP contribution in [0.25, 0.3) is 0 Å². The average molecular weight is 501 g/mol. The second-order valence-corrected chi connectivity index (χ2v) is 9.13. The number of benzene rings is 2. The summed E-state index contributed by atoms with van der Waals surface area (Å²) in [4.78, 5) is 12.7. The third kappa shape index (κ3) is 7.05. The zero-order valence-corrected chi connectivity index (χ0v) is 21.7. The van der Waals surface area contributed by atoms with E-state index < -0.39 is 0 Å². The van der Waals surface area contributed by atoms with Crippen molar-refractivity contribution in [3.05, 3.63) is 48.3 Å². The van der Waals surface area contributed by atoms with E-state index in [4.69, 9.17) is 18.9 Å². The van der Waals surface area contributed by atoms with Gasteiger partial charge >= 0.3 is 0 Å². The van der Waals surface area contributed by atoms with E-state index in [0.717, 1.165) is 0 Å². The first-order chi connectivity index (χ1) is 16.8. The molecule has 188 valence electrons. The molecule has 1 amide bonds. The maximum atomic E-state index is 12.7. The molecule has 0 saturated carbocycles. The van der Waals surface area contributed by atoms with Gasteiger partial charge in [0.2, 0.25) is 5.91 Å². The summed E-state index contributed by atoms with van der Waals surface area (Å²) in [6, 6.07) is 12.7. The van der Waals surface area contributed by atoms with Gasteiger partial charge in [0, 0.05) is 18.7 Å². The lowest BCUT2D eigenvalue weighted by molar-refractivity contribution is -0.113. The number of amides is 1. The highest BCUT2D eigenvalue weighted by molar-refractivity contribution is 7.99. The van der Waals surface area contributed by atoms with Crippen molar-refractivity contribution in [2.45, 2.75) is 38.6 Å². The Morgan fingerprint density at radius 2 is 1.69 bits per heavy atom. The summed E-state index contributed by atoms with van der Waals surface area (Å²) in [6.07, 6.45) is -0.347. The molecule has 10 heteroatoms. The molecule has 35 heavy (non-hydrogen) atoms. The molecular weight excluding hydrogens is 468 g/mol. The van der Waals surface area contributed by atoms with Crippen molar-refractivity contribution in [3.63, 3.8) is 0 Å². The molecule has 0 aliphatic heterocycles. The van der Waals surface area contributed by atoms with Gasteiger partial charge < -0.3 is 28.8 Å². The molecule has 3 rings (SSSR count). The summed E-state index contributed by atoms with van der Waals surface area (Å²) in [5.74, 6) is 3.60. The number of hydrogen-bond donors (Lipinski definition) is 1. The summed E-state index contributed by atoms with van der Waals surface area (Å²) in [6.45, 7) is 6.87. The monoisotopic (exact) mass is 500 g/mol. The standard InChI is InChI=1S/C25H32N4O5S/c1-16(2)14-29-24(17(3)34-20-9-7-8-18(12-20)31-4)27-28-25(29)35-15-23(30)26-21-11-10-19(32-5)13-22(21)33-6/h7-13,16-17H,14-15H2,1-6H3,(H,26,30). The molecule has 1 unspecified atom stereocenters. The molecule has 1 atom stereocenters. The Kier molecular flexibility index (Phi) is 9.25. The summed E-state index contributed by atoms with van der Waals surface area (Å²) < 4.78 is 24.0. The van der Waals surface area contributed by atoms with E-state index in [1.165, 1.54) is 11.8 Å². The van der Waals surface area contributed by atoms with Gasteiger partial charge in [0.25, 0.3) is 0 Å². The number of ether oxygens (including phenoxy) is 4. The van der Waals surface area contributed by atoms with Crippen molar-refractivity contribution in [3.8, 4) is 23.0 Å². The van der Waals surface area contributed by atoms with Crippen LogP contribution >= 0.6 is 11.8 Å². The quantitative estimate of drug-likeness (QED) is 0.353. The molecule has 1 aromatic heterocycles. The van der Waals surface area contributed by atoms with E-state index in [1.54, 1.807) is 39.5 Å². The number of nitrogens with zero attached hydrogens (tertiary/aromatic N) is 3. The number of nitrogens with one attached hydrogen (secondary N) is 1. The third-order valence-electron chi connectivity index (χ3n) is 5.03. The van der Waals surface area contributed by atoms with Crippen molar-refractivity contribution in [1.29, 1.82) is 0 Å². The molecule has 1 heterocycles. The van der Waals surface area contributed by atoms with E-state index >= 15 is 0 Å². The first-order valence-corrected chi connectivity index (χ1v) is 12.2.